The molecule has 2 aromatic rings. The first-order chi connectivity index (χ1) is 14.1. The quantitative estimate of drug-likeness (QED) is 0.519. The van der Waals surface area contributed by atoms with Crippen LogP contribution < -0.4 is 9.64 Å². The van der Waals surface area contributed by atoms with Crippen LogP contribution in [0.5, 0.6) is 5.75 Å². The highest BCUT2D eigenvalue weighted by atomic mass is 35.5. The lowest BCUT2D eigenvalue weighted by Crippen LogP contribution is -2.50. The number of nitro benzene ring substituents is 1. The number of hydrogen-bond acceptors (Lipinski definition) is 6. The lowest BCUT2D eigenvalue weighted by Gasteiger charge is -2.35. The highest BCUT2D eigenvalue weighted by Crippen LogP contribution is 2.33. The molecule has 1 aromatic carbocycles. The van der Waals surface area contributed by atoms with Crippen LogP contribution in [0, 0.1) is 10.1 Å². The highest BCUT2D eigenvalue weighted by Gasteiger charge is 2.32. The van der Waals surface area contributed by atoms with Crippen LogP contribution in [0.2, 0.25) is 5.02 Å². The van der Waals surface area contributed by atoms with E-state index in [0.717, 1.165) is 12.3 Å². The summed E-state index contributed by atoms with van der Waals surface area (Å²) in [6, 6.07) is 6.33. The van der Waals surface area contributed by atoms with Gasteiger partial charge in [0, 0.05) is 38.4 Å². The van der Waals surface area contributed by atoms with E-state index in [4.69, 9.17) is 16.3 Å². The molecule has 1 aromatic heterocycles. The molecular formula is C18H16ClF3N4O4. The molecule has 8 nitrogen and oxygen atoms in total. The van der Waals surface area contributed by atoms with Gasteiger partial charge in [0.2, 0.25) is 0 Å². The van der Waals surface area contributed by atoms with Crippen molar-refractivity contribution in [3.05, 3.63) is 57.2 Å². The highest BCUT2D eigenvalue weighted by molar-refractivity contribution is 6.33. The van der Waals surface area contributed by atoms with Crippen molar-refractivity contribution in [3.8, 4) is 5.75 Å². The largest absolute Gasteiger partial charge is 0.484 e. The Morgan fingerprint density at radius 3 is 2.53 bits per heavy atom. The second-order valence-electron chi connectivity index (χ2n) is 6.44. The van der Waals surface area contributed by atoms with E-state index in [1.807, 2.05) is 0 Å². The Morgan fingerprint density at radius 1 is 1.23 bits per heavy atom. The van der Waals surface area contributed by atoms with Crippen molar-refractivity contribution >= 4 is 29.0 Å². The summed E-state index contributed by atoms with van der Waals surface area (Å²) < 4.78 is 43.5. The number of anilines is 1. The van der Waals surface area contributed by atoms with Crippen LogP contribution >= 0.6 is 11.6 Å². The van der Waals surface area contributed by atoms with Crippen molar-refractivity contribution < 1.29 is 27.6 Å². The molecule has 0 saturated carbocycles. The van der Waals surface area contributed by atoms with Crippen LogP contribution in [-0.2, 0) is 11.0 Å². The molecule has 3 rings (SSSR count). The van der Waals surface area contributed by atoms with Crippen LogP contribution in [0.25, 0.3) is 0 Å². The zero-order chi connectivity index (χ0) is 21.9. The van der Waals surface area contributed by atoms with Crippen LogP contribution in [0.4, 0.5) is 24.7 Å². The van der Waals surface area contributed by atoms with Crippen molar-refractivity contribution in [2.75, 3.05) is 37.7 Å². The zero-order valence-electron chi connectivity index (χ0n) is 15.4. The number of alkyl halides is 3. The molecular weight excluding hydrogens is 429 g/mol. The summed E-state index contributed by atoms with van der Waals surface area (Å²) in [5.74, 6) is 0.120. The van der Waals surface area contributed by atoms with Gasteiger partial charge in [0.1, 0.15) is 11.6 Å². The number of benzene rings is 1. The van der Waals surface area contributed by atoms with E-state index >= 15 is 0 Å². The molecule has 0 N–H and O–H groups in total. The average molecular weight is 445 g/mol. The maximum Gasteiger partial charge on any atom is 0.417 e. The monoisotopic (exact) mass is 444 g/mol. The Labute approximate surface area is 174 Å². The summed E-state index contributed by atoms with van der Waals surface area (Å²) in [5.41, 5.74) is -1.07. The average Bonchev–Trinajstić information content (AvgIpc) is 2.71. The van der Waals surface area contributed by atoms with Crippen molar-refractivity contribution in [1.29, 1.82) is 0 Å². The Balaban J connectivity index is 1.54. The number of aromatic nitrogens is 1. The number of hydrogen-bond donors (Lipinski definition) is 0. The van der Waals surface area contributed by atoms with Gasteiger partial charge in [-0.15, -0.1) is 0 Å². The number of amides is 1. The summed E-state index contributed by atoms with van der Waals surface area (Å²) >= 11 is 5.97. The van der Waals surface area contributed by atoms with E-state index in [9.17, 15) is 28.1 Å². The molecule has 30 heavy (non-hydrogen) atoms. The minimum absolute atomic E-state index is 0.112. The molecule has 1 amide bonds. The molecule has 0 atom stereocenters. The van der Waals surface area contributed by atoms with Gasteiger partial charge in [0.05, 0.1) is 21.6 Å². The van der Waals surface area contributed by atoms with E-state index in [0.29, 0.717) is 26.2 Å². The number of halogens is 4. The molecule has 1 aliphatic heterocycles. The van der Waals surface area contributed by atoms with E-state index in [2.05, 4.69) is 4.98 Å². The number of nitro groups is 1. The first-order valence-electron chi connectivity index (χ1n) is 8.78. The van der Waals surface area contributed by atoms with Gasteiger partial charge < -0.3 is 14.5 Å². The van der Waals surface area contributed by atoms with E-state index < -0.39 is 16.7 Å². The van der Waals surface area contributed by atoms with Crippen LogP contribution in [0.3, 0.4) is 0 Å². The Hall–Kier alpha value is -3.08. The Morgan fingerprint density at radius 2 is 1.93 bits per heavy atom. The fraction of sp³-hybridized carbons (Fsp3) is 0.333. The summed E-state index contributed by atoms with van der Waals surface area (Å²) in [7, 11) is 0. The molecule has 0 aliphatic carbocycles. The third-order valence-electron chi connectivity index (χ3n) is 4.47. The first kappa shape index (κ1) is 21.6. The molecule has 0 bridgehead atoms. The molecule has 1 fully saturated rings. The molecule has 160 valence electrons. The number of non-ortho nitro benzene ring substituents is 1. The fourth-order valence-electron chi connectivity index (χ4n) is 2.91. The maximum atomic E-state index is 12.7. The molecule has 0 unspecified atom stereocenters. The predicted octanol–water partition coefficient (Wildman–Crippen LogP) is 3.39. The Kier molecular flexibility index (Phi) is 6.30. The summed E-state index contributed by atoms with van der Waals surface area (Å²) in [6.07, 6.45) is -3.80. The first-order valence-corrected chi connectivity index (χ1v) is 9.15. The van der Waals surface area contributed by atoms with Gasteiger partial charge in [-0.3, -0.25) is 14.9 Å². The molecule has 1 aliphatic rings. The molecule has 0 spiro atoms. The van der Waals surface area contributed by atoms with Crippen molar-refractivity contribution in [2.45, 2.75) is 6.18 Å². The van der Waals surface area contributed by atoms with Gasteiger partial charge in [-0.1, -0.05) is 17.7 Å². The normalized spacial score (nSPS) is 14.5. The van der Waals surface area contributed by atoms with Gasteiger partial charge in [-0.25, -0.2) is 4.98 Å². The van der Waals surface area contributed by atoms with E-state index in [-0.39, 0.29) is 34.8 Å². The summed E-state index contributed by atoms with van der Waals surface area (Å²) in [6.45, 7) is 0.980. The zero-order valence-corrected chi connectivity index (χ0v) is 16.2. The number of carbonyl (C=O) groups is 1. The lowest BCUT2D eigenvalue weighted by atomic mass is 10.2. The van der Waals surface area contributed by atoms with Crippen LogP contribution in [0.1, 0.15) is 5.56 Å². The van der Waals surface area contributed by atoms with Gasteiger partial charge in [0.25, 0.3) is 11.6 Å². The number of piperazine rings is 1. The van der Waals surface area contributed by atoms with E-state index in [1.165, 1.54) is 29.2 Å². The topological polar surface area (TPSA) is 88.8 Å². The van der Waals surface area contributed by atoms with Gasteiger partial charge in [-0.05, 0) is 12.1 Å². The van der Waals surface area contributed by atoms with Gasteiger partial charge in [0.15, 0.2) is 6.61 Å². The van der Waals surface area contributed by atoms with Crippen LogP contribution in [-0.4, -0.2) is 53.5 Å². The summed E-state index contributed by atoms with van der Waals surface area (Å²) in [4.78, 5) is 29.6. The number of carbonyl (C=O) groups excluding carboxylic acids is 1. The number of pyridine rings is 1. The third kappa shape index (κ3) is 5.09. The lowest BCUT2D eigenvalue weighted by molar-refractivity contribution is -0.384. The molecule has 2 heterocycles. The third-order valence-corrected chi connectivity index (χ3v) is 4.75. The maximum absolute atomic E-state index is 12.7. The smallest absolute Gasteiger partial charge is 0.417 e. The second-order valence-corrected chi connectivity index (χ2v) is 6.85. The molecule has 0 radical (unpaired) electrons. The molecule has 1 saturated heterocycles. The minimum Gasteiger partial charge on any atom is -0.484 e. The SMILES string of the molecule is O=C(COc1cccc([N+](=O)[O-])c1)N1CCN(c2ncc(C(F)(F)F)cc2Cl)CC1. The second kappa shape index (κ2) is 8.74. The number of rotatable bonds is 5. The number of ether oxygens (including phenoxy) is 1. The minimum atomic E-state index is -4.53. The van der Waals surface area contributed by atoms with Crippen molar-refractivity contribution in [3.63, 3.8) is 0 Å². The Bertz CT molecular complexity index is 949. The van der Waals surface area contributed by atoms with E-state index in [1.54, 1.807) is 4.90 Å². The van der Waals surface area contributed by atoms with Crippen LogP contribution in [0.15, 0.2) is 36.5 Å². The van der Waals surface area contributed by atoms with Gasteiger partial charge in [-0.2, -0.15) is 13.2 Å². The fourth-order valence-corrected chi connectivity index (χ4v) is 3.20. The van der Waals surface area contributed by atoms with Crippen molar-refractivity contribution in [1.82, 2.24) is 9.88 Å². The standard InChI is InChI=1S/C18H16ClF3N4O4/c19-15-8-12(18(20,21)22)10-23-17(15)25-6-4-24(5-7-25)16(27)11-30-14-3-1-2-13(9-14)26(28)29/h1-3,8-10H,4-7,11H2. The summed E-state index contributed by atoms with van der Waals surface area (Å²) in [5, 5.41) is 10.7. The van der Waals surface area contributed by atoms with Gasteiger partial charge >= 0.3 is 6.18 Å². The predicted molar refractivity (Wildman–Crippen MR) is 102 cm³/mol. The molecule has 12 heteroatoms. The van der Waals surface area contributed by atoms with Crippen molar-refractivity contribution in [2.24, 2.45) is 0 Å². The number of nitrogens with zero attached hydrogens (tertiary/aromatic N) is 4.